The summed E-state index contributed by atoms with van der Waals surface area (Å²) in [6.45, 7) is 9.72. The van der Waals surface area contributed by atoms with Crippen LogP contribution in [0.25, 0.3) is 0 Å². The number of anilines is 1. The van der Waals surface area contributed by atoms with E-state index in [0.717, 1.165) is 43.3 Å². The first-order valence-electron chi connectivity index (χ1n) is 10.8. The molecule has 2 unspecified atom stereocenters. The summed E-state index contributed by atoms with van der Waals surface area (Å²) in [6, 6.07) is 15.8. The molecule has 1 N–H and O–H groups in total. The van der Waals surface area contributed by atoms with Crippen molar-refractivity contribution < 1.29 is 9.53 Å². The number of aromatic nitrogens is 2. The van der Waals surface area contributed by atoms with Crippen molar-refractivity contribution in [3.8, 4) is 0 Å². The fraction of sp³-hybridized carbons (Fsp3) is 0.360. The van der Waals surface area contributed by atoms with Crippen LogP contribution in [-0.4, -0.2) is 45.7 Å². The molecule has 0 bridgehead atoms. The normalized spacial score (nSPS) is 19.3. The Morgan fingerprint density at radius 2 is 1.61 bits per heavy atom. The smallest absolute Gasteiger partial charge is 0.255 e. The summed E-state index contributed by atoms with van der Waals surface area (Å²) < 4.78 is 7.89. The highest BCUT2D eigenvalue weighted by Crippen LogP contribution is 2.16. The van der Waals surface area contributed by atoms with Gasteiger partial charge in [-0.15, -0.1) is 0 Å². The molecule has 0 spiro atoms. The molecule has 31 heavy (non-hydrogen) atoms. The molecule has 0 saturated carbocycles. The van der Waals surface area contributed by atoms with Crippen molar-refractivity contribution in [2.45, 2.75) is 46.1 Å². The maximum atomic E-state index is 12.6. The van der Waals surface area contributed by atoms with Crippen LogP contribution in [0.5, 0.6) is 0 Å². The molecule has 1 amide bonds. The first-order valence-corrected chi connectivity index (χ1v) is 10.8. The molecule has 1 aromatic heterocycles. The van der Waals surface area contributed by atoms with Crippen LogP contribution in [0.2, 0.25) is 0 Å². The van der Waals surface area contributed by atoms with Gasteiger partial charge in [0, 0.05) is 49.8 Å². The number of aryl methyl sites for hydroxylation is 1. The molecule has 0 aliphatic carbocycles. The van der Waals surface area contributed by atoms with Crippen LogP contribution in [0.1, 0.15) is 41.2 Å². The Morgan fingerprint density at radius 3 is 2.23 bits per heavy atom. The fourth-order valence-corrected chi connectivity index (χ4v) is 4.10. The zero-order chi connectivity index (χ0) is 21.8. The number of carbonyl (C=O) groups is 1. The van der Waals surface area contributed by atoms with E-state index >= 15 is 0 Å². The Kier molecular flexibility index (Phi) is 6.49. The zero-order valence-corrected chi connectivity index (χ0v) is 18.4. The van der Waals surface area contributed by atoms with Crippen molar-refractivity contribution in [2.24, 2.45) is 0 Å². The average molecular weight is 419 g/mol. The van der Waals surface area contributed by atoms with Crippen molar-refractivity contribution in [1.29, 1.82) is 0 Å². The zero-order valence-electron chi connectivity index (χ0n) is 18.4. The van der Waals surface area contributed by atoms with Gasteiger partial charge in [-0.25, -0.2) is 4.98 Å². The van der Waals surface area contributed by atoms with E-state index in [-0.39, 0.29) is 18.1 Å². The lowest BCUT2D eigenvalue weighted by Gasteiger charge is -2.35. The molecular formula is C25H30N4O2. The minimum atomic E-state index is -0.0987. The fourth-order valence-electron chi connectivity index (χ4n) is 4.10. The highest BCUT2D eigenvalue weighted by Gasteiger charge is 2.22. The van der Waals surface area contributed by atoms with Crippen LogP contribution < -0.4 is 5.32 Å². The van der Waals surface area contributed by atoms with Crippen LogP contribution in [0, 0.1) is 6.92 Å². The number of amides is 1. The molecule has 0 radical (unpaired) electrons. The molecule has 1 saturated heterocycles. The van der Waals surface area contributed by atoms with E-state index in [9.17, 15) is 4.79 Å². The Labute approximate surface area is 183 Å². The third-order valence-corrected chi connectivity index (χ3v) is 5.61. The molecule has 6 heteroatoms. The van der Waals surface area contributed by atoms with Gasteiger partial charge < -0.3 is 14.6 Å². The number of hydrogen-bond donors (Lipinski definition) is 1. The van der Waals surface area contributed by atoms with E-state index in [1.54, 1.807) is 6.20 Å². The predicted molar refractivity (Wildman–Crippen MR) is 122 cm³/mol. The molecule has 2 heterocycles. The van der Waals surface area contributed by atoms with E-state index in [4.69, 9.17) is 4.74 Å². The Bertz CT molecular complexity index is 1000. The van der Waals surface area contributed by atoms with Crippen molar-refractivity contribution in [1.82, 2.24) is 14.5 Å². The van der Waals surface area contributed by atoms with Crippen LogP contribution in [0.3, 0.4) is 0 Å². The number of nitrogens with one attached hydrogen (secondary N) is 1. The molecule has 1 fully saturated rings. The number of nitrogens with zero attached hydrogens (tertiary/aromatic N) is 3. The SMILES string of the molecule is Cc1nccn1Cc1ccc(NC(=O)c2ccc(CN3CC(C)OC(C)C3)cc2)cc1. The molecule has 2 atom stereocenters. The Balaban J connectivity index is 1.32. The van der Waals surface area contributed by atoms with E-state index < -0.39 is 0 Å². The van der Waals surface area contributed by atoms with Gasteiger partial charge in [-0.05, 0) is 56.2 Å². The molecular weight excluding hydrogens is 388 g/mol. The number of morpholine rings is 1. The summed E-state index contributed by atoms with van der Waals surface area (Å²) in [5.41, 5.74) is 3.81. The highest BCUT2D eigenvalue weighted by molar-refractivity contribution is 6.04. The minimum Gasteiger partial charge on any atom is -0.373 e. The second-order valence-electron chi connectivity index (χ2n) is 8.40. The maximum Gasteiger partial charge on any atom is 0.255 e. The van der Waals surface area contributed by atoms with Crippen molar-refractivity contribution >= 4 is 11.6 Å². The largest absolute Gasteiger partial charge is 0.373 e. The van der Waals surface area contributed by atoms with Crippen LogP contribution in [0.15, 0.2) is 60.9 Å². The second-order valence-corrected chi connectivity index (χ2v) is 8.40. The second kappa shape index (κ2) is 9.45. The van der Waals surface area contributed by atoms with E-state index in [0.29, 0.717) is 5.56 Å². The standard InChI is InChI=1S/C25H30N4O2/c1-18-14-28(15-19(2)31-18)16-21-4-8-23(9-5-21)25(30)27-24-10-6-22(7-11-24)17-29-13-12-26-20(29)3/h4-13,18-19H,14-17H2,1-3H3,(H,27,30). The van der Waals surface area contributed by atoms with Gasteiger partial charge in [0.05, 0.1) is 12.2 Å². The minimum absolute atomic E-state index is 0.0987. The Hall–Kier alpha value is -2.96. The van der Waals surface area contributed by atoms with Crippen molar-refractivity contribution in [3.05, 3.63) is 83.4 Å². The summed E-state index contributed by atoms with van der Waals surface area (Å²) in [7, 11) is 0. The molecule has 6 nitrogen and oxygen atoms in total. The number of imidazole rings is 1. The molecule has 4 rings (SSSR count). The summed E-state index contributed by atoms with van der Waals surface area (Å²) in [6.07, 6.45) is 4.28. The highest BCUT2D eigenvalue weighted by atomic mass is 16.5. The lowest BCUT2D eigenvalue weighted by molar-refractivity contribution is -0.0704. The van der Waals surface area contributed by atoms with E-state index in [2.05, 4.69) is 33.6 Å². The molecule has 1 aliphatic rings. The van der Waals surface area contributed by atoms with E-state index in [1.807, 2.05) is 61.7 Å². The number of ether oxygens (including phenoxy) is 1. The quantitative estimate of drug-likeness (QED) is 0.655. The number of hydrogen-bond acceptors (Lipinski definition) is 4. The molecule has 2 aromatic carbocycles. The first-order chi connectivity index (χ1) is 15.0. The van der Waals surface area contributed by atoms with Crippen LogP contribution in [-0.2, 0) is 17.8 Å². The predicted octanol–water partition coefficient (Wildman–Crippen LogP) is 4.10. The monoisotopic (exact) mass is 418 g/mol. The van der Waals surface area contributed by atoms with Gasteiger partial charge >= 0.3 is 0 Å². The number of carbonyl (C=O) groups excluding carboxylic acids is 1. The summed E-state index contributed by atoms with van der Waals surface area (Å²) in [5, 5.41) is 2.98. The number of rotatable bonds is 6. The third kappa shape index (κ3) is 5.60. The number of benzene rings is 2. The van der Waals surface area contributed by atoms with Crippen molar-refractivity contribution in [2.75, 3.05) is 18.4 Å². The van der Waals surface area contributed by atoms with Gasteiger partial charge in [0.2, 0.25) is 0 Å². The topological polar surface area (TPSA) is 59.4 Å². The lowest BCUT2D eigenvalue weighted by Crippen LogP contribution is -2.44. The van der Waals surface area contributed by atoms with Gasteiger partial charge in [0.15, 0.2) is 0 Å². The molecule has 1 aliphatic heterocycles. The van der Waals surface area contributed by atoms with Gasteiger partial charge in [-0.1, -0.05) is 24.3 Å². The Morgan fingerprint density at radius 1 is 1.00 bits per heavy atom. The molecule has 162 valence electrons. The third-order valence-electron chi connectivity index (χ3n) is 5.61. The summed E-state index contributed by atoms with van der Waals surface area (Å²) in [4.78, 5) is 19.3. The van der Waals surface area contributed by atoms with Crippen LogP contribution in [0.4, 0.5) is 5.69 Å². The first kappa shape index (κ1) is 21.3. The summed E-state index contributed by atoms with van der Waals surface area (Å²) in [5.74, 6) is 0.886. The lowest BCUT2D eigenvalue weighted by atomic mass is 10.1. The van der Waals surface area contributed by atoms with Gasteiger partial charge in [0.25, 0.3) is 5.91 Å². The average Bonchev–Trinajstić information content (AvgIpc) is 3.13. The summed E-state index contributed by atoms with van der Waals surface area (Å²) >= 11 is 0. The van der Waals surface area contributed by atoms with Gasteiger partial charge in [0.1, 0.15) is 5.82 Å². The van der Waals surface area contributed by atoms with Crippen LogP contribution >= 0.6 is 0 Å². The maximum absolute atomic E-state index is 12.6. The van der Waals surface area contributed by atoms with Crippen molar-refractivity contribution in [3.63, 3.8) is 0 Å². The van der Waals surface area contributed by atoms with Gasteiger partial charge in [-0.2, -0.15) is 0 Å². The van der Waals surface area contributed by atoms with E-state index in [1.165, 1.54) is 5.56 Å². The van der Waals surface area contributed by atoms with Gasteiger partial charge in [-0.3, -0.25) is 9.69 Å². The molecule has 3 aromatic rings.